The van der Waals surface area contributed by atoms with Crippen molar-refractivity contribution in [3.63, 3.8) is 0 Å². The Morgan fingerprint density at radius 1 is 0.633 bits per heavy atom. The molecule has 60 heavy (non-hydrogen) atoms. The summed E-state index contributed by atoms with van der Waals surface area (Å²) in [6.45, 7) is 1.56. The normalized spacial score (nSPS) is 13.8. The number of methoxy groups -OCH3 is 4. The third-order valence-corrected chi connectivity index (χ3v) is 12.7. The molecule has 4 heterocycles. The fourth-order valence-electron chi connectivity index (χ4n) is 6.17. The molecule has 0 radical (unpaired) electrons. The van der Waals surface area contributed by atoms with E-state index in [2.05, 4.69) is 30.6 Å². The van der Waals surface area contributed by atoms with Gasteiger partial charge in [-0.05, 0) is 55.9 Å². The lowest BCUT2D eigenvalue weighted by Crippen LogP contribution is -2.09. The fraction of sp³-hybridized carbons (Fsp3) is 0.350. The molecule has 20 heteroatoms. The van der Waals surface area contributed by atoms with Crippen molar-refractivity contribution < 1.29 is 27.4 Å². The molecule has 2 aromatic carbocycles. The number of sulfone groups is 1. The van der Waals surface area contributed by atoms with E-state index in [0.29, 0.717) is 102 Å². The van der Waals surface area contributed by atoms with Crippen LogP contribution >= 0.6 is 58.2 Å². The zero-order valence-electron chi connectivity index (χ0n) is 33.3. The summed E-state index contributed by atoms with van der Waals surface area (Å²) >= 11 is 27.8. The van der Waals surface area contributed by atoms with Crippen LogP contribution in [0.3, 0.4) is 0 Å². The zero-order chi connectivity index (χ0) is 42.9. The van der Waals surface area contributed by atoms with Crippen molar-refractivity contribution in [3.05, 3.63) is 56.7 Å². The summed E-state index contributed by atoms with van der Waals surface area (Å²) in [7, 11) is 2.51. The van der Waals surface area contributed by atoms with Crippen molar-refractivity contribution in [2.75, 3.05) is 64.7 Å². The number of ether oxygens (including phenoxy) is 4. The first-order valence-electron chi connectivity index (χ1n) is 18.6. The molecule has 8 rings (SSSR count). The summed E-state index contributed by atoms with van der Waals surface area (Å²) in [4.78, 5) is 26.8. The first kappa shape index (κ1) is 43.8. The second-order valence-corrected chi connectivity index (χ2v) is 18.3. The van der Waals surface area contributed by atoms with Gasteiger partial charge in [-0.15, -0.1) is 0 Å². The maximum Gasteiger partial charge on any atom is 0.247 e. The number of nitrogens with zero attached hydrogens (tertiary/aromatic N) is 6. The molecule has 2 N–H and O–H groups in total. The number of nitrogens with one attached hydrogen (secondary N) is 2. The fourth-order valence-corrected chi connectivity index (χ4v) is 8.40. The maximum atomic E-state index is 12.0. The van der Waals surface area contributed by atoms with Crippen LogP contribution in [-0.4, -0.2) is 92.4 Å². The summed E-state index contributed by atoms with van der Waals surface area (Å²) < 4.78 is 45.4. The highest BCUT2D eigenvalue weighted by Gasteiger charge is 2.26. The highest BCUT2D eigenvalue weighted by molar-refractivity contribution is 7.98. The van der Waals surface area contributed by atoms with Crippen LogP contribution in [0.4, 0.5) is 11.6 Å². The van der Waals surface area contributed by atoms with Gasteiger partial charge in [0.25, 0.3) is 0 Å². The number of thioether (sulfide) groups is 1. The number of hydrogen-bond donors (Lipinski definition) is 2. The Kier molecular flexibility index (Phi) is 13.4. The van der Waals surface area contributed by atoms with Gasteiger partial charge in [-0.2, -0.15) is 0 Å². The number of halogens is 4. The molecule has 0 spiro atoms. The number of rotatable bonds is 14. The quantitative estimate of drug-likeness (QED) is 0.0780. The lowest BCUT2D eigenvalue weighted by atomic mass is 10.1. The van der Waals surface area contributed by atoms with Crippen LogP contribution < -0.4 is 29.6 Å². The summed E-state index contributed by atoms with van der Waals surface area (Å²) in [5, 5.41) is 9.92. The minimum atomic E-state index is -3.58. The van der Waals surface area contributed by atoms with Gasteiger partial charge in [0, 0.05) is 65.8 Å². The van der Waals surface area contributed by atoms with E-state index < -0.39 is 9.84 Å². The van der Waals surface area contributed by atoms with Crippen LogP contribution in [0.1, 0.15) is 25.7 Å². The Bertz CT molecular complexity index is 2670. The van der Waals surface area contributed by atoms with Gasteiger partial charge >= 0.3 is 0 Å². The number of pyridine rings is 2. The number of benzene rings is 2. The van der Waals surface area contributed by atoms with Crippen molar-refractivity contribution in [1.29, 1.82) is 0 Å². The molecule has 14 nitrogen and oxygen atoms in total. The lowest BCUT2D eigenvalue weighted by Gasteiger charge is -2.16. The molecular formula is C40H40Cl4N8O6S2. The van der Waals surface area contributed by atoms with Crippen molar-refractivity contribution in [1.82, 2.24) is 29.9 Å². The number of aromatic nitrogens is 6. The number of fused-ring (bicyclic) bond motifs is 2. The largest absolute Gasteiger partial charge is 0.495 e. The highest BCUT2D eigenvalue weighted by Crippen LogP contribution is 2.48. The Labute approximate surface area is 371 Å². The molecule has 0 atom stereocenters. The predicted molar refractivity (Wildman–Crippen MR) is 239 cm³/mol. The second kappa shape index (κ2) is 18.3. The molecule has 2 saturated carbocycles. The Morgan fingerprint density at radius 2 is 1.03 bits per heavy atom. The lowest BCUT2D eigenvalue weighted by molar-refractivity contribution is 0.394. The molecule has 316 valence electrons. The van der Waals surface area contributed by atoms with E-state index in [-0.39, 0.29) is 15.2 Å². The number of hydrogen-bond acceptors (Lipinski definition) is 15. The Hall–Kier alpha value is -4.32. The van der Waals surface area contributed by atoms with Gasteiger partial charge < -0.3 is 29.6 Å². The number of anilines is 2. The van der Waals surface area contributed by atoms with Crippen LogP contribution in [0.25, 0.3) is 44.3 Å². The molecule has 2 aliphatic rings. The maximum absolute atomic E-state index is 12.0. The third-order valence-electron chi connectivity index (χ3n) is 9.77. The van der Waals surface area contributed by atoms with Crippen molar-refractivity contribution in [3.8, 4) is 45.5 Å². The Balaban J connectivity index is 0.000000182. The summed E-state index contributed by atoms with van der Waals surface area (Å²) in [5.74, 6) is 4.06. The van der Waals surface area contributed by atoms with E-state index in [1.165, 1.54) is 45.0 Å². The molecule has 0 amide bonds. The SMILES string of the molecule is COc1cc(OC)c(Cl)c(-c2cc3cnc(S(C)(=O)=O)nc3c(NCC3CC3)n2)c1Cl.COc1cc(OC)c(Cl)c(-c2cc3cnc(SC)nc3c(NCC3CC3)n2)c1Cl. The van der Waals surface area contributed by atoms with E-state index in [1.807, 2.05) is 12.3 Å². The molecule has 2 fully saturated rings. The molecule has 0 bridgehead atoms. The topological polar surface area (TPSA) is 172 Å². The first-order chi connectivity index (χ1) is 28.8. The molecule has 0 aliphatic heterocycles. The van der Waals surface area contributed by atoms with E-state index in [0.717, 1.165) is 36.5 Å². The van der Waals surface area contributed by atoms with Crippen LogP contribution in [-0.2, 0) is 9.84 Å². The summed E-state index contributed by atoms with van der Waals surface area (Å²) in [6, 6.07) is 6.85. The highest BCUT2D eigenvalue weighted by atomic mass is 35.5. The average molecular weight is 935 g/mol. The van der Waals surface area contributed by atoms with Gasteiger partial charge in [-0.25, -0.2) is 38.3 Å². The van der Waals surface area contributed by atoms with E-state index in [9.17, 15) is 8.42 Å². The van der Waals surface area contributed by atoms with Crippen molar-refractivity contribution in [2.24, 2.45) is 11.8 Å². The second-order valence-electron chi connectivity index (χ2n) is 14.1. The van der Waals surface area contributed by atoms with Gasteiger partial charge in [0.1, 0.15) is 34.0 Å². The average Bonchev–Trinajstić information content (AvgIpc) is 4.19. The van der Waals surface area contributed by atoms with Gasteiger partial charge in [-0.3, -0.25) is 0 Å². The molecule has 0 unspecified atom stereocenters. The Morgan fingerprint density at radius 3 is 1.40 bits per heavy atom. The summed E-state index contributed by atoms with van der Waals surface area (Å²) in [6.07, 6.45) is 11.0. The van der Waals surface area contributed by atoms with Gasteiger partial charge in [-0.1, -0.05) is 58.2 Å². The van der Waals surface area contributed by atoms with Crippen LogP contribution in [0.15, 0.2) is 47.0 Å². The van der Waals surface area contributed by atoms with Crippen molar-refractivity contribution in [2.45, 2.75) is 36.0 Å². The van der Waals surface area contributed by atoms with Gasteiger partial charge in [0.15, 0.2) is 16.8 Å². The van der Waals surface area contributed by atoms with E-state index >= 15 is 0 Å². The standard InChI is InChI=1S/C20H20Cl2N4O4S.C20H20Cl2N4O2S/c1-29-13-7-14(30-2)17(22)15(16(13)21)12-6-11-9-24-20(31(3,27)28)26-18(11)19(25-12)23-8-10-4-5-10;1-27-13-7-14(28-2)17(22)15(16(13)21)12-6-11-9-24-20(29-3)26-18(11)19(25-12)23-8-10-4-5-10/h6-7,9-10H,4-5,8H2,1-3H3,(H,23,25);6-7,9-10H,4-5,8H2,1-3H3,(H,23,25). The zero-order valence-corrected chi connectivity index (χ0v) is 38.0. The van der Waals surface area contributed by atoms with Crippen LogP contribution in [0.2, 0.25) is 20.1 Å². The van der Waals surface area contributed by atoms with Crippen LogP contribution in [0.5, 0.6) is 23.0 Å². The summed E-state index contributed by atoms with van der Waals surface area (Å²) in [5.41, 5.74) is 3.22. The third kappa shape index (κ3) is 9.43. The molecule has 6 aromatic rings. The smallest absolute Gasteiger partial charge is 0.247 e. The molecule has 2 aliphatic carbocycles. The molecule has 0 saturated heterocycles. The van der Waals surface area contributed by atoms with Crippen LogP contribution in [0, 0.1) is 11.8 Å². The molecule has 4 aromatic heterocycles. The van der Waals surface area contributed by atoms with Gasteiger partial charge in [0.2, 0.25) is 15.0 Å². The first-order valence-corrected chi connectivity index (χ1v) is 23.2. The van der Waals surface area contributed by atoms with E-state index in [4.69, 9.17) is 75.3 Å². The molecular weight excluding hydrogens is 894 g/mol. The minimum Gasteiger partial charge on any atom is -0.495 e. The van der Waals surface area contributed by atoms with Crippen molar-refractivity contribution >= 4 is 101 Å². The minimum absolute atomic E-state index is 0.261. The predicted octanol–water partition coefficient (Wildman–Crippen LogP) is 9.80. The van der Waals surface area contributed by atoms with Gasteiger partial charge in [0.05, 0.1) is 59.9 Å². The monoisotopic (exact) mass is 932 g/mol. The van der Waals surface area contributed by atoms with E-state index in [1.54, 1.807) is 38.6 Å².